The summed E-state index contributed by atoms with van der Waals surface area (Å²) in [4.78, 5) is 28.1. The molecule has 0 spiro atoms. The quantitative estimate of drug-likeness (QED) is 0.808. The predicted octanol–water partition coefficient (Wildman–Crippen LogP) is 1.23. The molecule has 1 aromatic heterocycles. The third-order valence-electron chi connectivity index (χ3n) is 3.01. The van der Waals surface area contributed by atoms with Gasteiger partial charge in [0.05, 0.1) is 6.42 Å². The highest BCUT2D eigenvalue weighted by Gasteiger charge is 2.32. The van der Waals surface area contributed by atoms with Crippen LogP contribution in [0.1, 0.15) is 24.8 Å². The first-order valence-electron chi connectivity index (χ1n) is 6.32. The van der Waals surface area contributed by atoms with Gasteiger partial charge >= 0.3 is 12.0 Å². The summed E-state index contributed by atoms with van der Waals surface area (Å²) in [7, 11) is 0. The van der Waals surface area contributed by atoms with Crippen molar-refractivity contribution in [2.45, 2.75) is 31.8 Å². The van der Waals surface area contributed by atoms with Gasteiger partial charge in [-0.25, -0.2) is 4.79 Å². The molecule has 2 rings (SSSR count). The number of carboxylic acid groups (broad SMARTS) is 1. The highest BCUT2D eigenvalue weighted by atomic mass is 16.4. The molecule has 1 heterocycles. The number of nitrogens with one attached hydrogen (secondary N) is 1. The van der Waals surface area contributed by atoms with E-state index in [2.05, 4.69) is 10.3 Å². The predicted molar refractivity (Wildman–Crippen MR) is 68.5 cm³/mol. The summed E-state index contributed by atoms with van der Waals surface area (Å²) >= 11 is 0. The van der Waals surface area contributed by atoms with Crippen LogP contribution in [0.2, 0.25) is 0 Å². The van der Waals surface area contributed by atoms with Crippen LogP contribution in [0, 0.1) is 0 Å². The van der Waals surface area contributed by atoms with Gasteiger partial charge in [-0.2, -0.15) is 0 Å². The Kier molecular flexibility index (Phi) is 4.33. The molecule has 6 heteroatoms. The fourth-order valence-corrected chi connectivity index (χ4v) is 1.83. The third-order valence-corrected chi connectivity index (χ3v) is 3.01. The number of carbonyl (C=O) groups excluding carboxylic acids is 1. The van der Waals surface area contributed by atoms with Crippen LogP contribution < -0.4 is 5.32 Å². The number of aromatic nitrogens is 1. The number of carbonyl (C=O) groups is 2. The summed E-state index contributed by atoms with van der Waals surface area (Å²) < 4.78 is 0. The first-order valence-corrected chi connectivity index (χ1v) is 6.32. The normalized spacial score (nSPS) is 13.9. The highest BCUT2D eigenvalue weighted by Crippen LogP contribution is 2.26. The van der Waals surface area contributed by atoms with Gasteiger partial charge in [0.25, 0.3) is 0 Å². The van der Waals surface area contributed by atoms with E-state index in [9.17, 15) is 9.59 Å². The van der Waals surface area contributed by atoms with E-state index in [4.69, 9.17) is 5.11 Å². The second-order valence-corrected chi connectivity index (χ2v) is 4.58. The molecule has 0 saturated heterocycles. The van der Waals surface area contributed by atoms with Crippen molar-refractivity contribution in [3.05, 3.63) is 30.1 Å². The van der Waals surface area contributed by atoms with Crippen LogP contribution in [0.5, 0.6) is 0 Å². The van der Waals surface area contributed by atoms with Gasteiger partial charge in [0.15, 0.2) is 0 Å². The molecule has 0 aliphatic heterocycles. The van der Waals surface area contributed by atoms with Crippen molar-refractivity contribution in [3.63, 3.8) is 0 Å². The molecule has 6 nitrogen and oxygen atoms in total. The molecule has 1 aliphatic carbocycles. The molecule has 0 bridgehead atoms. The van der Waals surface area contributed by atoms with Gasteiger partial charge in [-0.05, 0) is 30.5 Å². The zero-order chi connectivity index (χ0) is 13.7. The van der Waals surface area contributed by atoms with Crippen molar-refractivity contribution < 1.29 is 14.7 Å². The maximum atomic E-state index is 12.0. The van der Waals surface area contributed by atoms with E-state index in [1.54, 1.807) is 17.3 Å². The van der Waals surface area contributed by atoms with E-state index in [-0.39, 0.29) is 25.0 Å². The molecular formula is C13H17N3O3. The summed E-state index contributed by atoms with van der Waals surface area (Å²) in [6, 6.07) is 3.68. The highest BCUT2D eigenvalue weighted by molar-refractivity contribution is 5.76. The zero-order valence-electron chi connectivity index (χ0n) is 10.6. The number of rotatable bonds is 6. The molecule has 0 aromatic carbocycles. The number of aliphatic carboxylic acids is 1. The Hall–Kier alpha value is -2.11. The summed E-state index contributed by atoms with van der Waals surface area (Å²) in [5, 5.41) is 11.5. The SMILES string of the molecule is O=C(O)CCN(C(=O)NCc1ccncc1)C1CC1. The Morgan fingerprint density at radius 3 is 2.63 bits per heavy atom. The zero-order valence-corrected chi connectivity index (χ0v) is 10.6. The molecule has 1 aromatic rings. The van der Waals surface area contributed by atoms with Crippen molar-refractivity contribution in [3.8, 4) is 0 Å². The molecule has 1 aliphatic rings. The van der Waals surface area contributed by atoms with Crippen molar-refractivity contribution in [1.82, 2.24) is 15.2 Å². The maximum Gasteiger partial charge on any atom is 0.317 e. The van der Waals surface area contributed by atoms with E-state index >= 15 is 0 Å². The molecule has 102 valence electrons. The van der Waals surface area contributed by atoms with Crippen molar-refractivity contribution in [1.29, 1.82) is 0 Å². The van der Waals surface area contributed by atoms with Crippen LogP contribution in [0.25, 0.3) is 0 Å². The number of carboxylic acids is 1. The smallest absolute Gasteiger partial charge is 0.317 e. The van der Waals surface area contributed by atoms with Crippen LogP contribution in [-0.4, -0.2) is 39.6 Å². The lowest BCUT2D eigenvalue weighted by atomic mass is 10.3. The Morgan fingerprint density at radius 1 is 1.37 bits per heavy atom. The fourth-order valence-electron chi connectivity index (χ4n) is 1.83. The van der Waals surface area contributed by atoms with Crippen molar-refractivity contribution in [2.24, 2.45) is 0 Å². The first-order chi connectivity index (χ1) is 9.16. The standard InChI is InChI=1S/C13H17N3O3/c17-12(18)5-8-16(11-1-2-11)13(19)15-9-10-3-6-14-7-4-10/h3-4,6-7,11H,1-2,5,8-9H2,(H,15,19)(H,17,18). The van der Waals surface area contributed by atoms with E-state index in [0.717, 1.165) is 18.4 Å². The summed E-state index contributed by atoms with van der Waals surface area (Å²) in [6.07, 6.45) is 5.25. The third kappa shape index (κ3) is 4.24. The van der Waals surface area contributed by atoms with Gasteiger partial charge in [0.1, 0.15) is 0 Å². The molecule has 1 saturated carbocycles. The minimum atomic E-state index is -0.882. The Labute approximate surface area is 111 Å². The monoisotopic (exact) mass is 263 g/mol. The molecule has 2 N–H and O–H groups in total. The number of nitrogens with zero attached hydrogens (tertiary/aromatic N) is 2. The lowest BCUT2D eigenvalue weighted by molar-refractivity contribution is -0.137. The van der Waals surface area contributed by atoms with Crippen LogP contribution in [0.3, 0.4) is 0 Å². The molecule has 0 unspecified atom stereocenters. The Morgan fingerprint density at radius 2 is 2.05 bits per heavy atom. The minimum Gasteiger partial charge on any atom is -0.481 e. The molecule has 1 fully saturated rings. The van der Waals surface area contributed by atoms with Gasteiger partial charge in [-0.1, -0.05) is 0 Å². The summed E-state index contributed by atoms with van der Waals surface area (Å²) in [5.41, 5.74) is 0.970. The largest absolute Gasteiger partial charge is 0.481 e. The number of hydrogen-bond donors (Lipinski definition) is 2. The van der Waals surface area contributed by atoms with E-state index < -0.39 is 5.97 Å². The number of urea groups is 1. The van der Waals surface area contributed by atoms with E-state index in [1.807, 2.05) is 12.1 Å². The molecule has 0 radical (unpaired) electrons. The minimum absolute atomic E-state index is 0.0147. The van der Waals surface area contributed by atoms with Crippen LogP contribution >= 0.6 is 0 Å². The lowest BCUT2D eigenvalue weighted by Crippen LogP contribution is -2.42. The first kappa shape index (κ1) is 13.3. The van der Waals surface area contributed by atoms with Gasteiger partial charge in [-0.3, -0.25) is 9.78 Å². The number of amides is 2. The van der Waals surface area contributed by atoms with Gasteiger partial charge < -0.3 is 15.3 Å². The summed E-state index contributed by atoms with van der Waals surface area (Å²) in [5.74, 6) is -0.882. The van der Waals surface area contributed by atoms with Crippen molar-refractivity contribution >= 4 is 12.0 Å². The van der Waals surface area contributed by atoms with Crippen LogP contribution in [0.4, 0.5) is 4.79 Å². The molecule has 19 heavy (non-hydrogen) atoms. The van der Waals surface area contributed by atoms with Crippen LogP contribution in [0.15, 0.2) is 24.5 Å². The number of pyridine rings is 1. The Balaban J connectivity index is 1.83. The fraction of sp³-hybridized carbons (Fsp3) is 0.462. The molecule has 0 atom stereocenters. The van der Waals surface area contributed by atoms with Crippen molar-refractivity contribution in [2.75, 3.05) is 6.54 Å². The lowest BCUT2D eigenvalue weighted by Gasteiger charge is -2.22. The van der Waals surface area contributed by atoms with E-state index in [0.29, 0.717) is 6.54 Å². The van der Waals surface area contributed by atoms with E-state index in [1.165, 1.54) is 0 Å². The molecular weight excluding hydrogens is 246 g/mol. The number of hydrogen-bond acceptors (Lipinski definition) is 3. The van der Waals surface area contributed by atoms with Gasteiger partial charge in [0, 0.05) is 31.5 Å². The Bertz CT molecular complexity index is 446. The second-order valence-electron chi connectivity index (χ2n) is 4.58. The maximum absolute atomic E-state index is 12.0. The topological polar surface area (TPSA) is 82.5 Å². The second kappa shape index (κ2) is 6.17. The van der Waals surface area contributed by atoms with Gasteiger partial charge in [-0.15, -0.1) is 0 Å². The molecule has 2 amide bonds. The summed E-state index contributed by atoms with van der Waals surface area (Å²) in [6.45, 7) is 0.694. The average molecular weight is 263 g/mol. The average Bonchev–Trinajstić information content (AvgIpc) is 3.22. The van der Waals surface area contributed by atoms with Gasteiger partial charge in [0.2, 0.25) is 0 Å². The van der Waals surface area contributed by atoms with Crippen LogP contribution in [-0.2, 0) is 11.3 Å².